The van der Waals surface area contributed by atoms with E-state index >= 15 is 0 Å². The summed E-state index contributed by atoms with van der Waals surface area (Å²) >= 11 is 1.62. The van der Waals surface area contributed by atoms with E-state index in [4.69, 9.17) is 0 Å². The Labute approximate surface area is 165 Å². The standard InChI is InChI=1S/C20H26N2O3S2/c1-15-10-12-26-19(15)14-21(3)20(23)17-8-6-9-18(13-17)27(24,25)22-11-5-4-7-16(22)2/h6,8-10,12-13,16H,4-5,7,11,14H2,1-3H3/t16-/m1/s1. The Morgan fingerprint density at radius 3 is 2.74 bits per heavy atom. The van der Waals surface area contributed by atoms with Crippen LogP contribution in [0.5, 0.6) is 0 Å². The third kappa shape index (κ3) is 4.25. The molecule has 0 aliphatic carbocycles. The summed E-state index contributed by atoms with van der Waals surface area (Å²) in [6, 6.07) is 8.45. The number of thiophene rings is 1. The first-order valence-electron chi connectivity index (χ1n) is 9.21. The van der Waals surface area contributed by atoms with Gasteiger partial charge in [-0.05, 0) is 61.9 Å². The first-order valence-corrected chi connectivity index (χ1v) is 11.5. The molecule has 1 aliphatic rings. The van der Waals surface area contributed by atoms with Gasteiger partial charge < -0.3 is 4.90 Å². The van der Waals surface area contributed by atoms with Gasteiger partial charge in [0.2, 0.25) is 10.0 Å². The van der Waals surface area contributed by atoms with Gasteiger partial charge in [0.15, 0.2) is 0 Å². The molecule has 0 saturated carbocycles. The van der Waals surface area contributed by atoms with Gasteiger partial charge in [-0.25, -0.2) is 8.42 Å². The second-order valence-corrected chi connectivity index (χ2v) is 10.1. The van der Waals surface area contributed by atoms with Crippen LogP contribution in [0.4, 0.5) is 0 Å². The quantitative estimate of drug-likeness (QED) is 0.757. The van der Waals surface area contributed by atoms with Crippen molar-refractivity contribution < 1.29 is 13.2 Å². The lowest BCUT2D eigenvalue weighted by Crippen LogP contribution is -2.42. The average Bonchev–Trinajstić information content (AvgIpc) is 3.06. The van der Waals surface area contributed by atoms with Crippen molar-refractivity contribution in [2.75, 3.05) is 13.6 Å². The van der Waals surface area contributed by atoms with Crippen LogP contribution in [0.15, 0.2) is 40.6 Å². The SMILES string of the molecule is Cc1ccsc1CN(C)C(=O)c1cccc(S(=O)(=O)N2CCCC[C@H]2C)c1. The van der Waals surface area contributed by atoms with Crippen LogP contribution in [0.3, 0.4) is 0 Å². The lowest BCUT2D eigenvalue weighted by Gasteiger charge is -2.32. The van der Waals surface area contributed by atoms with Gasteiger partial charge in [0.1, 0.15) is 0 Å². The summed E-state index contributed by atoms with van der Waals surface area (Å²) in [6.45, 7) is 5.03. The number of benzene rings is 1. The minimum atomic E-state index is -3.58. The fraction of sp³-hybridized carbons (Fsp3) is 0.450. The molecule has 2 heterocycles. The minimum absolute atomic E-state index is 0.00687. The molecule has 146 valence electrons. The third-order valence-electron chi connectivity index (χ3n) is 5.13. The summed E-state index contributed by atoms with van der Waals surface area (Å²) in [4.78, 5) is 15.8. The topological polar surface area (TPSA) is 57.7 Å². The van der Waals surface area contributed by atoms with E-state index in [1.54, 1.807) is 45.8 Å². The number of carbonyl (C=O) groups is 1. The van der Waals surface area contributed by atoms with Crippen molar-refractivity contribution >= 4 is 27.3 Å². The van der Waals surface area contributed by atoms with E-state index in [1.807, 2.05) is 25.3 Å². The van der Waals surface area contributed by atoms with Crippen LogP contribution in [-0.2, 0) is 16.6 Å². The number of piperidine rings is 1. The van der Waals surface area contributed by atoms with Crippen molar-refractivity contribution in [1.29, 1.82) is 0 Å². The number of rotatable bonds is 5. The number of hydrogen-bond donors (Lipinski definition) is 0. The molecule has 2 aromatic rings. The van der Waals surface area contributed by atoms with Crippen molar-refractivity contribution in [1.82, 2.24) is 9.21 Å². The van der Waals surface area contributed by atoms with Gasteiger partial charge in [-0.15, -0.1) is 11.3 Å². The van der Waals surface area contributed by atoms with Gasteiger partial charge in [-0.3, -0.25) is 4.79 Å². The molecule has 1 aromatic carbocycles. The maximum Gasteiger partial charge on any atom is 0.253 e. The molecule has 1 amide bonds. The largest absolute Gasteiger partial charge is 0.337 e. The highest BCUT2D eigenvalue weighted by Gasteiger charge is 2.31. The summed E-state index contributed by atoms with van der Waals surface area (Å²) < 4.78 is 27.7. The predicted octanol–water partition coefficient (Wildman–Crippen LogP) is 3.89. The first kappa shape index (κ1) is 20.0. The van der Waals surface area contributed by atoms with E-state index < -0.39 is 10.0 Å². The minimum Gasteiger partial charge on any atom is -0.337 e. The van der Waals surface area contributed by atoms with Gasteiger partial charge in [-0.2, -0.15) is 4.31 Å². The van der Waals surface area contributed by atoms with E-state index in [-0.39, 0.29) is 16.8 Å². The molecule has 0 bridgehead atoms. The molecule has 5 nitrogen and oxygen atoms in total. The number of amides is 1. The smallest absolute Gasteiger partial charge is 0.253 e. The Kier molecular flexibility index (Phi) is 6.03. The molecule has 1 aliphatic heterocycles. The van der Waals surface area contributed by atoms with Crippen LogP contribution in [-0.4, -0.2) is 43.2 Å². The van der Waals surface area contributed by atoms with Gasteiger partial charge in [0.05, 0.1) is 11.4 Å². The van der Waals surface area contributed by atoms with E-state index in [2.05, 4.69) is 0 Å². The Bertz CT molecular complexity index is 921. The van der Waals surface area contributed by atoms with Crippen LogP contribution < -0.4 is 0 Å². The normalized spacial score (nSPS) is 18.4. The van der Waals surface area contributed by atoms with Crippen LogP contribution in [0.1, 0.15) is 47.0 Å². The molecule has 1 atom stereocenters. The van der Waals surface area contributed by atoms with Crippen LogP contribution in [0.2, 0.25) is 0 Å². The van der Waals surface area contributed by atoms with E-state index in [9.17, 15) is 13.2 Å². The summed E-state index contributed by atoms with van der Waals surface area (Å²) in [5.74, 6) is -0.174. The number of nitrogens with zero attached hydrogens (tertiary/aromatic N) is 2. The second kappa shape index (κ2) is 8.12. The van der Waals surface area contributed by atoms with Crippen LogP contribution >= 0.6 is 11.3 Å². The van der Waals surface area contributed by atoms with Gasteiger partial charge in [-0.1, -0.05) is 12.5 Å². The highest BCUT2D eigenvalue weighted by molar-refractivity contribution is 7.89. The highest BCUT2D eigenvalue weighted by Crippen LogP contribution is 2.26. The molecule has 7 heteroatoms. The van der Waals surface area contributed by atoms with Crippen molar-refractivity contribution in [3.8, 4) is 0 Å². The zero-order valence-electron chi connectivity index (χ0n) is 16.0. The third-order valence-corrected chi connectivity index (χ3v) is 8.14. The summed E-state index contributed by atoms with van der Waals surface area (Å²) in [6.07, 6.45) is 2.81. The van der Waals surface area contributed by atoms with E-state index in [0.29, 0.717) is 18.7 Å². The zero-order valence-corrected chi connectivity index (χ0v) is 17.6. The predicted molar refractivity (Wildman–Crippen MR) is 109 cm³/mol. The van der Waals surface area contributed by atoms with E-state index in [1.165, 1.54) is 6.07 Å². The van der Waals surface area contributed by atoms with Gasteiger partial charge >= 0.3 is 0 Å². The molecule has 0 radical (unpaired) electrons. The zero-order chi connectivity index (χ0) is 19.6. The first-order chi connectivity index (χ1) is 12.8. The fourth-order valence-corrected chi connectivity index (χ4v) is 6.13. The van der Waals surface area contributed by atoms with Crippen molar-refractivity contribution in [3.05, 3.63) is 51.7 Å². The number of aryl methyl sites for hydroxylation is 1. The summed E-state index contributed by atoms with van der Waals surface area (Å²) in [7, 11) is -1.84. The Balaban J connectivity index is 1.82. The average molecular weight is 407 g/mol. The fourth-order valence-electron chi connectivity index (χ4n) is 3.43. The molecule has 0 N–H and O–H groups in total. The summed E-state index contributed by atoms with van der Waals surface area (Å²) in [5.41, 5.74) is 1.56. The molecule has 1 aromatic heterocycles. The number of carbonyl (C=O) groups excluding carboxylic acids is 1. The molecule has 27 heavy (non-hydrogen) atoms. The molecule has 3 rings (SSSR count). The summed E-state index contributed by atoms with van der Waals surface area (Å²) in [5, 5.41) is 2.01. The molecule has 1 fully saturated rings. The molecular formula is C20H26N2O3S2. The Morgan fingerprint density at radius 2 is 2.07 bits per heavy atom. The van der Waals surface area contributed by atoms with Crippen LogP contribution in [0, 0.1) is 6.92 Å². The second-order valence-electron chi connectivity index (χ2n) is 7.18. The number of sulfonamides is 1. The maximum atomic E-state index is 13.0. The Hall–Kier alpha value is -1.70. The lowest BCUT2D eigenvalue weighted by molar-refractivity contribution is 0.0786. The highest BCUT2D eigenvalue weighted by atomic mass is 32.2. The van der Waals surface area contributed by atoms with Crippen molar-refractivity contribution in [2.45, 2.75) is 50.6 Å². The molecule has 1 saturated heterocycles. The lowest BCUT2D eigenvalue weighted by atomic mass is 10.1. The Morgan fingerprint density at radius 1 is 1.30 bits per heavy atom. The monoisotopic (exact) mass is 406 g/mol. The van der Waals surface area contributed by atoms with Crippen molar-refractivity contribution in [3.63, 3.8) is 0 Å². The van der Waals surface area contributed by atoms with Gasteiger partial charge in [0, 0.05) is 30.1 Å². The van der Waals surface area contributed by atoms with Gasteiger partial charge in [0.25, 0.3) is 5.91 Å². The maximum absolute atomic E-state index is 13.0. The van der Waals surface area contributed by atoms with Crippen LogP contribution in [0.25, 0.3) is 0 Å². The molecular weight excluding hydrogens is 380 g/mol. The van der Waals surface area contributed by atoms with E-state index in [0.717, 1.165) is 29.7 Å². The molecule has 0 spiro atoms. The number of hydrogen-bond acceptors (Lipinski definition) is 4. The molecule has 0 unspecified atom stereocenters. The van der Waals surface area contributed by atoms with Crippen molar-refractivity contribution in [2.24, 2.45) is 0 Å².